The van der Waals surface area contributed by atoms with Crippen molar-refractivity contribution in [3.8, 4) is 5.75 Å². The SMILES string of the molecule is C[C@@H](N[P@@](=O)(OC[C@@H]1O[C@H](n2ccc(N)nc2=O)C(F)(F)[C@H]1O)Oc1ccccc1)C(=O)OCc1ccccc1. The van der Waals surface area contributed by atoms with Crippen LogP contribution in [0.3, 0.4) is 0 Å². The largest absolute Gasteiger partial charge is 0.460 e. The molecule has 0 radical (unpaired) electrons. The summed E-state index contributed by atoms with van der Waals surface area (Å²) in [6, 6.07) is 16.5. The van der Waals surface area contributed by atoms with Crippen LogP contribution in [-0.2, 0) is 30.0 Å². The van der Waals surface area contributed by atoms with E-state index in [0.717, 1.165) is 17.8 Å². The van der Waals surface area contributed by atoms with Gasteiger partial charge in [-0.2, -0.15) is 18.9 Å². The van der Waals surface area contributed by atoms with Crippen molar-refractivity contribution < 1.29 is 41.8 Å². The molecular weight excluding hydrogens is 553 g/mol. The van der Waals surface area contributed by atoms with Crippen molar-refractivity contribution >= 4 is 19.5 Å². The van der Waals surface area contributed by atoms with E-state index >= 15 is 0 Å². The molecule has 1 saturated heterocycles. The number of para-hydroxylation sites is 1. The van der Waals surface area contributed by atoms with Gasteiger partial charge in [-0.3, -0.25) is 13.9 Å². The van der Waals surface area contributed by atoms with Crippen LogP contribution in [0.2, 0.25) is 0 Å². The summed E-state index contributed by atoms with van der Waals surface area (Å²) in [5.41, 5.74) is 5.01. The first-order valence-corrected chi connectivity index (χ1v) is 13.6. The van der Waals surface area contributed by atoms with E-state index in [1.165, 1.54) is 19.1 Å². The van der Waals surface area contributed by atoms with Gasteiger partial charge in [0.2, 0.25) is 6.23 Å². The lowest BCUT2D eigenvalue weighted by Crippen LogP contribution is -2.42. The summed E-state index contributed by atoms with van der Waals surface area (Å²) in [5, 5.41) is 12.7. The molecular formula is C25H27F2N4O8P. The number of hydrogen-bond acceptors (Lipinski definition) is 10. The molecule has 0 bridgehead atoms. The van der Waals surface area contributed by atoms with Crippen LogP contribution in [0.5, 0.6) is 5.75 Å². The van der Waals surface area contributed by atoms with Crippen LogP contribution < -0.4 is 21.0 Å². The molecule has 2 heterocycles. The van der Waals surface area contributed by atoms with Crippen molar-refractivity contribution in [3.63, 3.8) is 0 Å². The molecule has 15 heteroatoms. The Bertz CT molecular complexity index is 1410. The van der Waals surface area contributed by atoms with Crippen molar-refractivity contribution in [3.05, 3.63) is 89.0 Å². The number of nitrogens with two attached hydrogens (primary N) is 1. The third-order valence-electron chi connectivity index (χ3n) is 5.79. The molecule has 0 saturated carbocycles. The normalized spacial score (nSPS) is 22.2. The summed E-state index contributed by atoms with van der Waals surface area (Å²) in [6.07, 6.45) is -5.50. The Morgan fingerprint density at radius 2 is 1.85 bits per heavy atom. The predicted octanol–water partition coefficient (Wildman–Crippen LogP) is 2.64. The molecule has 12 nitrogen and oxygen atoms in total. The fourth-order valence-corrected chi connectivity index (χ4v) is 5.24. The Balaban J connectivity index is 1.47. The summed E-state index contributed by atoms with van der Waals surface area (Å²) in [5.74, 6) is -4.85. The molecule has 0 unspecified atom stereocenters. The average Bonchev–Trinajstić information content (AvgIpc) is 3.15. The topological polar surface area (TPSA) is 164 Å². The number of rotatable bonds is 11. The maximum absolute atomic E-state index is 14.9. The number of nitrogen functional groups attached to an aromatic ring is 1. The van der Waals surface area contributed by atoms with Gasteiger partial charge in [0, 0.05) is 6.20 Å². The number of benzene rings is 2. The fourth-order valence-electron chi connectivity index (χ4n) is 3.74. The molecule has 2 aromatic carbocycles. The first-order chi connectivity index (χ1) is 19.0. The zero-order valence-electron chi connectivity index (χ0n) is 21.1. The van der Waals surface area contributed by atoms with E-state index in [4.69, 9.17) is 24.3 Å². The zero-order valence-corrected chi connectivity index (χ0v) is 22.0. The second-order valence-electron chi connectivity index (χ2n) is 8.83. The maximum Gasteiger partial charge on any atom is 0.459 e. The van der Waals surface area contributed by atoms with Gasteiger partial charge in [0.1, 0.15) is 30.3 Å². The summed E-state index contributed by atoms with van der Waals surface area (Å²) >= 11 is 0. The van der Waals surface area contributed by atoms with E-state index in [1.807, 2.05) is 0 Å². The summed E-state index contributed by atoms with van der Waals surface area (Å²) in [6.45, 7) is 0.435. The molecule has 0 spiro atoms. The molecule has 5 atom stereocenters. The number of aliphatic hydroxyl groups excluding tert-OH is 1. The van der Waals surface area contributed by atoms with Gasteiger partial charge in [0.15, 0.2) is 6.10 Å². The minimum atomic E-state index is -4.46. The van der Waals surface area contributed by atoms with Gasteiger partial charge in [-0.15, -0.1) is 0 Å². The number of carbonyl (C=O) groups excluding carboxylic acids is 1. The van der Waals surface area contributed by atoms with Crippen molar-refractivity contribution in [2.24, 2.45) is 0 Å². The minimum Gasteiger partial charge on any atom is -0.460 e. The average molecular weight is 580 g/mol. The van der Waals surface area contributed by atoms with E-state index in [9.17, 15) is 28.0 Å². The Hall–Kier alpha value is -3.68. The second-order valence-corrected chi connectivity index (χ2v) is 10.5. The fraction of sp³-hybridized carbons (Fsp3) is 0.320. The standard InChI is InChI=1S/C25H27F2N4O8P/c1-16(22(33)36-14-17-8-4-2-5-9-17)30-40(35,39-18-10-6-3-7-11-18)37-15-19-21(32)25(26,27)23(38-19)31-13-12-20(28)29-24(31)34/h2-13,16,19,21,23,32H,14-15H2,1H3,(H,30,35)(H2,28,29,34)/t16-,19+,21+,23+,40-/m1/s1. The quantitative estimate of drug-likeness (QED) is 0.226. The Labute approximate surface area is 227 Å². The molecule has 1 aliphatic heterocycles. The van der Waals surface area contributed by atoms with E-state index in [0.29, 0.717) is 4.57 Å². The lowest BCUT2D eigenvalue weighted by molar-refractivity contribution is -0.146. The molecule has 0 amide bonds. The number of aromatic nitrogens is 2. The monoisotopic (exact) mass is 580 g/mol. The maximum atomic E-state index is 14.9. The van der Waals surface area contributed by atoms with Gasteiger partial charge < -0.3 is 24.8 Å². The van der Waals surface area contributed by atoms with Gasteiger partial charge in [0.05, 0.1) is 6.61 Å². The molecule has 40 heavy (non-hydrogen) atoms. The van der Waals surface area contributed by atoms with Crippen LogP contribution in [-0.4, -0.2) is 51.4 Å². The molecule has 1 aromatic heterocycles. The number of ether oxygens (including phenoxy) is 2. The minimum absolute atomic E-state index is 0.0473. The smallest absolute Gasteiger partial charge is 0.459 e. The van der Waals surface area contributed by atoms with Gasteiger partial charge in [-0.05, 0) is 30.7 Å². The van der Waals surface area contributed by atoms with Crippen LogP contribution in [0.25, 0.3) is 0 Å². The lowest BCUT2D eigenvalue weighted by Gasteiger charge is -2.24. The van der Waals surface area contributed by atoms with Gasteiger partial charge in [0.25, 0.3) is 0 Å². The summed E-state index contributed by atoms with van der Waals surface area (Å²) in [4.78, 5) is 28.1. The van der Waals surface area contributed by atoms with Crippen molar-refractivity contribution in [2.75, 3.05) is 12.3 Å². The number of carbonyl (C=O) groups is 1. The number of anilines is 1. The molecule has 4 rings (SSSR count). The molecule has 1 fully saturated rings. The first-order valence-electron chi connectivity index (χ1n) is 12.0. The van der Waals surface area contributed by atoms with Gasteiger partial charge in [-0.1, -0.05) is 48.5 Å². The first kappa shape index (κ1) is 29.3. The lowest BCUT2D eigenvalue weighted by atomic mass is 10.1. The Kier molecular flexibility index (Phi) is 8.96. The number of nitrogens with one attached hydrogen (secondary N) is 1. The van der Waals surface area contributed by atoms with Crippen molar-refractivity contribution in [1.82, 2.24) is 14.6 Å². The number of esters is 1. The Morgan fingerprint density at radius 3 is 2.50 bits per heavy atom. The highest BCUT2D eigenvalue weighted by Gasteiger charge is 2.60. The van der Waals surface area contributed by atoms with Crippen LogP contribution in [0.15, 0.2) is 77.7 Å². The molecule has 1 aliphatic rings. The van der Waals surface area contributed by atoms with Crippen LogP contribution in [0.4, 0.5) is 14.6 Å². The predicted molar refractivity (Wildman–Crippen MR) is 137 cm³/mol. The molecule has 4 N–H and O–H groups in total. The third kappa shape index (κ3) is 6.90. The number of nitrogens with zero attached hydrogens (tertiary/aromatic N) is 2. The van der Waals surface area contributed by atoms with Crippen molar-refractivity contribution in [2.45, 2.75) is 43.9 Å². The van der Waals surface area contributed by atoms with Crippen molar-refractivity contribution in [1.29, 1.82) is 0 Å². The second kappa shape index (κ2) is 12.2. The highest BCUT2D eigenvalue weighted by Crippen LogP contribution is 2.48. The number of aliphatic hydroxyl groups is 1. The number of alkyl halides is 2. The van der Waals surface area contributed by atoms with Gasteiger partial charge in [-0.25, -0.2) is 9.36 Å². The van der Waals surface area contributed by atoms with Crippen LogP contribution >= 0.6 is 7.75 Å². The number of halogens is 2. The molecule has 0 aliphatic carbocycles. The van der Waals surface area contributed by atoms with Crippen LogP contribution in [0, 0.1) is 0 Å². The Morgan fingerprint density at radius 1 is 1.20 bits per heavy atom. The van der Waals surface area contributed by atoms with E-state index in [1.54, 1.807) is 48.5 Å². The summed E-state index contributed by atoms with van der Waals surface area (Å²) < 4.78 is 65.3. The van der Waals surface area contributed by atoms with E-state index in [-0.39, 0.29) is 18.2 Å². The summed E-state index contributed by atoms with van der Waals surface area (Å²) in [7, 11) is -4.46. The highest BCUT2D eigenvalue weighted by molar-refractivity contribution is 7.52. The molecule has 3 aromatic rings. The number of hydrogen-bond donors (Lipinski definition) is 3. The highest BCUT2D eigenvalue weighted by atomic mass is 31.2. The molecule has 214 valence electrons. The van der Waals surface area contributed by atoms with E-state index in [2.05, 4.69) is 10.1 Å². The van der Waals surface area contributed by atoms with E-state index < -0.39 is 56.4 Å². The van der Waals surface area contributed by atoms with Crippen LogP contribution in [0.1, 0.15) is 18.7 Å². The zero-order chi connectivity index (χ0) is 28.9. The van der Waals surface area contributed by atoms with Gasteiger partial charge >= 0.3 is 25.3 Å². The third-order valence-corrected chi connectivity index (χ3v) is 7.43.